The summed E-state index contributed by atoms with van der Waals surface area (Å²) in [7, 11) is 1.56. The molecule has 0 saturated carbocycles. The summed E-state index contributed by atoms with van der Waals surface area (Å²) < 4.78 is 5.27. The number of methoxy groups -OCH3 is 1. The largest absolute Gasteiger partial charge is 0.504 e. The fourth-order valence-corrected chi connectivity index (χ4v) is 3.69. The van der Waals surface area contributed by atoms with Gasteiger partial charge in [0, 0.05) is 37.6 Å². The van der Waals surface area contributed by atoms with Gasteiger partial charge in [0.15, 0.2) is 11.5 Å². The van der Waals surface area contributed by atoms with Gasteiger partial charge in [-0.2, -0.15) is 4.98 Å². The van der Waals surface area contributed by atoms with Gasteiger partial charge in [0.2, 0.25) is 5.95 Å². The molecule has 2 aliphatic rings. The monoisotopic (exact) mass is 328 g/mol. The Morgan fingerprint density at radius 3 is 2.29 bits per heavy atom. The molecule has 0 unspecified atom stereocenters. The number of fused-ring (bicyclic) bond motifs is 1. The molecule has 1 aromatic heterocycles. The number of anilines is 2. The van der Waals surface area contributed by atoms with Crippen LogP contribution in [-0.4, -0.2) is 48.4 Å². The van der Waals surface area contributed by atoms with Crippen molar-refractivity contribution in [2.45, 2.75) is 32.1 Å². The lowest BCUT2D eigenvalue weighted by Crippen LogP contribution is -2.31. The summed E-state index contributed by atoms with van der Waals surface area (Å²) in [4.78, 5) is 14.3. The van der Waals surface area contributed by atoms with Gasteiger partial charge in [-0.1, -0.05) is 0 Å². The fourth-order valence-electron chi connectivity index (χ4n) is 3.69. The highest BCUT2D eigenvalue weighted by Gasteiger charge is 2.22. The molecule has 4 rings (SSSR count). The van der Waals surface area contributed by atoms with Crippen molar-refractivity contribution in [1.82, 2.24) is 9.97 Å². The van der Waals surface area contributed by atoms with Gasteiger partial charge in [0.1, 0.15) is 5.82 Å². The summed E-state index contributed by atoms with van der Waals surface area (Å²) in [5, 5.41) is 11.1. The average molecular weight is 328 g/mol. The smallest absolute Gasteiger partial charge is 0.227 e. The number of phenols is 1. The van der Waals surface area contributed by atoms with Crippen LogP contribution in [0.25, 0.3) is 10.9 Å². The molecule has 0 bridgehead atoms. The number of hydrogen-bond acceptors (Lipinski definition) is 6. The third-order valence-corrected chi connectivity index (χ3v) is 5.01. The van der Waals surface area contributed by atoms with E-state index in [0.717, 1.165) is 48.8 Å². The minimum atomic E-state index is 0.139. The van der Waals surface area contributed by atoms with Crippen molar-refractivity contribution in [1.29, 1.82) is 0 Å². The SMILES string of the molecule is COc1cc2nc(N3CCCCC3)nc(N3CCCC3)c2cc1O. The third kappa shape index (κ3) is 2.70. The van der Waals surface area contributed by atoms with Crippen molar-refractivity contribution in [3.63, 3.8) is 0 Å². The molecule has 2 fully saturated rings. The second kappa shape index (κ2) is 6.34. The van der Waals surface area contributed by atoms with Crippen molar-refractivity contribution < 1.29 is 9.84 Å². The van der Waals surface area contributed by atoms with Crippen LogP contribution in [-0.2, 0) is 0 Å². The Morgan fingerprint density at radius 1 is 0.917 bits per heavy atom. The van der Waals surface area contributed by atoms with E-state index < -0.39 is 0 Å². The molecule has 6 nitrogen and oxygen atoms in total. The molecule has 0 atom stereocenters. The van der Waals surface area contributed by atoms with Crippen LogP contribution >= 0.6 is 0 Å². The van der Waals surface area contributed by atoms with Gasteiger partial charge in [0.25, 0.3) is 0 Å². The van der Waals surface area contributed by atoms with Gasteiger partial charge in [-0.3, -0.25) is 0 Å². The van der Waals surface area contributed by atoms with Gasteiger partial charge in [-0.15, -0.1) is 0 Å². The number of rotatable bonds is 3. The molecule has 24 heavy (non-hydrogen) atoms. The molecule has 2 aromatic rings. The van der Waals surface area contributed by atoms with Gasteiger partial charge in [-0.05, 0) is 38.2 Å². The van der Waals surface area contributed by atoms with Crippen LogP contribution in [0.5, 0.6) is 11.5 Å². The minimum absolute atomic E-state index is 0.139. The van der Waals surface area contributed by atoms with Crippen LogP contribution < -0.4 is 14.5 Å². The molecule has 2 saturated heterocycles. The van der Waals surface area contributed by atoms with Crippen LogP contribution in [0.3, 0.4) is 0 Å². The first kappa shape index (κ1) is 15.3. The predicted molar refractivity (Wildman–Crippen MR) is 95.3 cm³/mol. The number of hydrogen-bond donors (Lipinski definition) is 1. The lowest BCUT2D eigenvalue weighted by Gasteiger charge is -2.28. The summed E-state index contributed by atoms with van der Waals surface area (Å²) >= 11 is 0. The number of phenolic OH excluding ortho intramolecular Hbond substituents is 1. The Labute approximate surface area is 142 Å². The molecule has 1 aromatic carbocycles. The van der Waals surface area contributed by atoms with Crippen LogP contribution in [0.1, 0.15) is 32.1 Å². The highest BCUT2D eigenvalue weighted by atomic mass is 16.5. The first-order chi connectivity index (χ1) is 11.8. The zero-order chi connectivity index (χ0) is 16.5. The van der Waals surface area contributed by atoms with Gasteiger partial charge >= 0.3 is 0 Å². The van der Waals surface area contributed by atoms with Crippen molar-refractivity contribution >= 4 is 22.7 Å². The number of aromatic hydroxyl groups is 1. The van der Waals surface area contributed by atoms with Crippen molar-refractivity contribution in [2.24, 2.45) is 0 Å². The first-order valence-electron chi connectivity index (χ1n) is 8.85. The van der Waals surface area contributed by atoms with E-state index in [9.17, 15) is 5.11 Å². The number of aromatic nitrogens is 2. The Hall–Kier alpha value is -2.24. The zero-order valence-corrected chi connectivity index (χ0v) is 14.2. The molecule has 2 aliphatic heterocycles. The molecular weight excluding hydrogens is 304 g/mol. The van der Waals surface area contributed by atoms with E-state index in [0.29, 0.717) is 5.75 Å². The highest BCUT2D eigenvalue weighted by molar-refractivity contribution is 5.93. The highest BCUT2D eigenvalue weighted by Crippen LogP contribution is 2.36. The normalized spacial score (nSPS) is 18.4. The van der Waals surface area contributed by atoms with Crippen LogP contribution in [0.2, 0.25) is 0 Å². The standard InChI is InChI=1S/C18H24N4O2/c1-24-16-12-14-13(11-15(16)23)17(21-7-5-6-8-21)20-18(19-14)22-9-3-2-4-10-22/h11-12,23H,2-10H2,1H3. The van der Waals surface area contributed by atoms with E-state index in [1.165, 1.54) is 32.1 Å². The Kier molecular flexibility index (Phi) is 4.04. The Balaban J connectivity index is 1.86. The number of ether oxygens (including phenoxy) is 1. The summed E-state index contributed by atoms with van der Waals surface area (Å²) in [5.41, 5.74) is 0.835. The maximum Gasteiger partial charge on any atom is 0.227 e. The van der Waals surface area contributed by atoms with E-state index in [4.69, 9.17) is 14.7 Å². The average Bonchev–Trinajstić information content (AvgIpc) is 3.15. The summed E-state index contributed by atoms with van der Waals surface area (Å²) in [5.74, 6) is 2.34. The second-order valence-corrected chi connectivity index (χ2v) is 6.63. The van der Waals surface area contributed by atoms with E-state index in [1.54, 1.807) is 13.2 Å². The van der Waals surface area contributed by atoms with Crippen LogP contribution in [0.4, 0.5) is 11.8 Å². The molecule has 3 heterocycles. The van der Waals surface area contributed by atoms with E-state index in [1.807, 2.05) is 6.07 Å². The van der Waals surface area contributed by atoms with E-state index in [-0.39, 0.29) is 5.75 Å². The lowest BCUT2D eigenvalue weighted by atomic mass is 10.1. The summed E-state index contributed by atoms with van der Waals surface area (Å²) in [6.07, 6.45) is 6.04. The van der Waals surface area contributed by atoms with Gasteiger partial charge in [0.05, 0.1) is 12.6 Å². The van der Waals surface area contributed by atoms with Crippen LogP contribution in [0.15, 0.2) is 12.1 Å². The summed E-state index contributed by atoms with van der Waals surface area (Å²) in [6, 6.07) is 3.56. The van der Waals surface area contributed by atoms with Gasteiger partial charge in [-0.25, -0.2) is 4.98 Å². The molecule has 0 aliphatic carbocycles. The molecule has 1 N–H and O–H groups in total. The van der Waals surface area contributed by atoms with E-state index >= 15 is 0 Å². The second-order valence-electron chi connectivity index (χ2n) is 6.63. The Bertz CT molecular complexity index is 737. The quantitative estimate of drug-likeness (QED) is 0.935. The molecule has 128 valence electrons. The molecule has 6 heteroatoms. The minimum Gasteiger partial charge on any atom is -0.504 e. The topological polar surface area (TPSA) is 61.7 Å². The van der Waals surface area contributed by atoms with Crippen LogP contribution in [0, 0.1) is 0 Å². The maximum atomic E-state index is 10.2. The number of nitrogens with zero attached hydrogens (tertiary/aromatic N) is 4. The molecular formula is C18H24N4O2. The van der Waals surface area contributed by atoms with Crippen molar-refractivity contribution in [3.05, 3.63) is 12.1 Å². The predicted octanol–water partition coefficient (Wildman–Crippen LogP) is 2.93. The van der Waals surface area contributed by atoms with Crippen molar-refractivity contribution in [2.75, 3.05) is 43.1 Å². The lowest BCUT2D eigenvalue weighted by molar-refractivity contribution is 0.374. The summed E-state index contributed by atoms with van der Waals surface area (Å²) in [6.45, 7) is 4.05. The number of piperidine rings is 1. The van der Waals surface area contributed by atoms with E-state index in [2.05, 4.69) is 9.80 Å². The first-order valence-corrected chi connectivity index (χ1v) is 8.85. The zero-order valence-electron chi connectivity index (χ0n) is 14.2. The molecule has 0 spiro atoms. The Morgan fingerprint density at radius 2 is 1.58 bits per heavy atom. The number of benzene rings is 1. The van der Waals surface area contributed by atoms with Gasteiger partial charge < -0.3 is 19.6 Å². The molecule has 0 radical (unpaired) electrons. The maximum absolute atomic E-state index is 10.2. The fraction of sp³-hybridized carbons (Fsp3) is 0.556. The molecule has 0 amide bonds. The third-order valence-electron chi connectivity index (χ3n) is 5.01. The van der Waals surface area contributed by atoms with Crippen molar-refractivity contribution in [3.8, 4) is 11.5 Å².